The van der Waals surface area contributed by atoms with Crippen LogP contribution in [-0.4, -0.2) is 30.3 Å². The highest BCUT2D eigenvalue weighted by molar-refractivity contribution is 6.00. The standard InChI is InChI=1S/C14H16N2O4/c1-4-9(5-2)15-14(19)16-12-8-10(20-3)6-7-11(12)13(17)18/h1,6-9H,5H2,2-3H3,(H,17,18)(H2,15,16,19). The third-order valence-corrected chi connectivity index (χ3v) is 2.62. The molecule has 0 aromatic heterocycles. The van der Waals surface area contributed by atoms with Crippen LogP contribution in [0.2, 0.25) is 0 Å². The molecule has 0 spiro atoms. The monoisotopic (exact) mass is 276 g/mol. The number of hydrogen-bond acceptors (Lipinski definition) is 3. The summed E-state index contributed by atoms with van der Waals surface area (Å²) in [5.41, 5.74) is 0.107. The van der Waals surface area contributed by atoms with Gasteiger partial charge in [0, 0.05) is 6.07 Å². The molecule has 1 aromatic carbocycles. The molecular formula is C14H16N2O4. The smallest absolute Gasteiger partial charge is 0.337 e. The highest BCUT2D eigenvalue weighted by Gasteiger charge is 2.14. The average Bonchev–Trinajstić information content (AvgIpc) is 2.44. The number of carbonyl (C=O) groups is 2. The van der Waals surface area contributed by atoms with E-state index in [4.69, 9.17) is 16.3 Å². The molecule has 0 heterocycles. The van der Waals surface area contributed by atoms with Crippen molar-refractivity contribution in [3.8, 4) is 18.1 Å². The fraction of sp³-hybridized carbons (Fsp3) is 0.286. The highest BCUT2D eigenvalue weighted by atomic mass is 16.5. The van der Waals surface area contributed by atoms with Crippen molar-refractivity contribution in [2.24, 2.45) is 0 Å². The second-order valence-corrected chi connectivity index (χ2v) is 3.94. The molecular weight excluding hydrogens is 260 g/mol. The van der Waals surface area contributed by atoms with Gasteiger partial charge in [0.1, 0.15) is 5.75 Å². The Hall–Kier alpha value is -2.68. The first-order valence-corrected chi connectivity index (χ1v) is 5.96. The van der Waals surface area contributed by atoms with E-state index < -0.39 is 18.0 Å². The van der Waals surface area contributed by atoms with Crippen molar-refractivity contribution >= 4 is 17.7 Å². The lowest BCUT2D eigenvalue weighted by molar-refractivity contribution is 0.0698. The molecule has 6 nitrogen and oxygen atoms in total. The first-order chi connectivity index (χ1) is 9.51. The lowest BCUT2D eigenvalue weighted by atomic mass is 10.1. The number of terminal acetylenes is 1. The first kappa shape index (κ1) is 15.4. The van der Waals surface area contributed by atoms with Gasteiger partial charge in [-0.15, -0.1) is 6.42 Å². The van der Waals surface area contributed by atoms with E-state index in [0.29, 0.717) is 12.2 Å². The van der Waals surface area contributed by atoms with Crippen molar-refractivity contribution in [1.29, 1.82) is 0 Å². The number of ether oxygens (including phenoxy) is 1. The Morgan fingerprint density at radius 1 is 1.50 bits per heavy atom. The molecule has 1 unspecified atom stereocenters. The number of rotatable bonds is 5. The van der Waals surface area contributed by atoms with Crippen LogP contribution in [0.1, 0.15) is 23.7 Å². The number of anilines is 1. The summed E-state index contributed by atoms with van der Waals surface area (Å²) in [5, 5.41) is 14.1. The summed E-state index contributed by atoms with van der Waals surface area (Å²) in [6.07, 6.45) is 5.82. The number of carboxylic acids is 1. The highest BCUT2D eigenvalue weighted by Crippen LogP contribution is 2.22. The van der Waals surface area contributed by atoms with Crippen molar-refractivity contribution in [2.45, 2.75) is 19.4 Å². The maximum absolute atomic E-state index is 11.8. The van der Waals surface area contributed by atoms with Gasteiger partial charge in [-0.25, -0.2) is 9.59 Å². The fourth-order valence-electron chi connectivity index (χ4n) is 1.52. The Morgan fingerprint density at radius 2 is 2.20 bits per heavy atom. The van der Waals surface area contributed by atoms with Crippen LogP contribution in [0.5, 0.6) is 5.75 Å². The van der Waals surface area contributed by atoms with Crippen LogP contribution in [0.3, 0.4) is 0 Å². The number of nitrogens with one attached hydrogen (secondary N) is 2. The Morgan fingerprint density at radius 3 is 2.70 bits per heavy atom. The van der Waals surface area contributed by atoms with Gasteiger partial charge < -0.3 is 20.5 Å². The van der Waals surface area contributed by atoms with Gasteiger partial charge in [-0.05, 0) is 18.6 Å². The summed E-state index contributed by atoms with van der Waals surface area (Å²) in [7, 11) is 1.45. The maximum Gasteiger partial charge on any atom is 0.337 e. The quantitative estimate of drug-likeness (QED) is 0.717. The van der Waals surface area contributed by atoms with E-state index in [9.17, 15) is 9.59 Å². The largest absolute Gasteiger partial charge is 0.497 e. The molecule has 0 radical (unpaired) electrons. The minimum Gasteiger partial charge on any atom is -0.497 e. The first-order valence-electron chi connectivity index (χ1n) is 5.96. The van der Waals surface area contributed by atoms with Crippen LogP contribution < -0.4 is 15.4 Å². The van der Waals surface area contributed by atoms with Gasteiger partial charge in [0.25, 0.3) is 0 Å². The fourth-order valence-corrected chi connectivity index (χ4v) is 1.52. The molecule has 0 saturated heterocycles. The summed E-state index contributed by atoms with van der Waals surface area (Å²) in [5.74, 6) is 1.71. The lowest BCUT2D eigenvalue weighted by Gasteiger charge is -2.14. The van der Waals surface area contributed by atoms with Gasteiger partial charge in [-0.3, -0.25) is 0 Å². The van der Waals surface area contributed by atoms with E-state index in [-0.39, 0.29) is 11.3 Å². The number of benzene rings is 1. The second kappa shape index (κ2) is 7.04. The van der Waals surface area contributed by atoms with Crippen molar-refractivity contribution in [3.05, 3.63) is 23.8 Å². The van der Waals surface area contributed by atoms with Crippen LogP contribution in [-0.2, 0) is 0 Å². The summed E-state index contributed by atoms with van der Waals surface area (Å²) in [6, 6.07) is 3.32. The molecule has 0 aliphatic heterocycles. The number of urea groups is 1. The predicted molar refractivity (Wildman–Crippen MR) is 75.0 cm³/mol. The number of amides is 2. The molecule has 0 saturated carbocycles. The van der Waals surface area contributed by atoms with Gasteiger partial charge in [-0.1, -0.05) is 12.8 Å². The molecule has 20 heavy (non-hydrogen) atoms. The topological polar surface area (TPSA) is 87.7 Å². The molecule has 0 aliphatic carbocycles. The van der Waals surface area contributed by atoms with Crippen LogP contribution in [0.4, 0.5) is 10.5 Å². The zero-order valence-corrected chi connectivity index (χ0v) is 11.3. The van der Waals surface area contributed by atoms with Gasteiger partial charge in [0.05, 0.1) is 24.4 Å². The van der Waals surface area contributed by atoms with Gasteiger partial charge >= 0.3 is 12.0 Å². The molecule has 0 fully saturated rings. The van der Waals surface area contributed by atoms with Crippen molar-refractivity contribution in [3.63, 3.8) is 0 Å². The number of hydrogen-bond donors (Lipinski definition) is 3. The van der Waals surface area contributed by atoms with E-state index in [1.807, 2.05) is 6.92 Å². The molecule has 6 heteroatoms. The van der Waals surface area contributed by atoms with Crippen LogP contribution >= 0.6 is 0 Å². The van der Waals surface area contributed by atoms with Gasteiger partial charge in [-0.2, -0.15) is 0 Å². The minimum atomic E-state index is -1.15. The third-order valence-electron chi connectivity index (χ3n) is 2.62. The number of aromatic carboxylic acids is 1. The zero-order valence-electron chi connectivity index (χ0n) is 11.3. The van der Waals surface area contributed by atoms with Crippen molar-refractivity contribution in [2.75, 3.05) is 12.4 Å². The van der Waals surface area contributed by atoms with Crippen LogP contribution in [0, 0.1) is 12.3 Å². The van der Waals surface area contributed by atoms with Gasteiger partial charge in [0.15, 0.2) is 0 Å². The van der Waals surface area contributed by atoms with Crippen molar-refractivity contribution in [1.82, 2.24) is 5.32 Å². The number of methoxy groups -OCH3 is 1. The molecule has 1 rings (SSSR count). The summed E-state index contributed by atoms with van der Waals surface area (Å²) in [6.45, 7) is 1.83. The molecule has 0 bridgehead atoms. The molecule has 3 N–H and O–H groups in total. The van der Waals surface area contributed by atoms with Crippen molar-refractivity contribution < 1.29 is 19.4 Å². The van der Waals surface area contributed by atoms with Crippen LogP contribution in [0.15, 0.2) is 18.2 Å². The van der Waals surface area contributed by atoms with E-state index in [0.717, 1.165) is 0 Å². The normalized spacial score (nSPS) is 11.1. The predicted octanol–water partition coefficient (Wildman–Crippen LogP) is 1.93. The average molecular weight is 276 g/mol. The lowest BCUT2D eigenvalue weighted by Crippen LogP contribution is -2.36. The van der Waals surface area contributed by atoms with Gasteiger partial charge in [0.2, 0.25) is 0 Å². The van der Waals surface area contributed by atoms with E-state index >= 15 is 0 Å². The molecule has 1 atom stereocenters. The molecule has 2 amide bonds. The second-order valence-electron chi connectivity index (χ2n) is 3.94. The number of carboxylic acid groups (broad SMARTS) is 1. The summed E-state index contributed by atoms with van der Waals surface area (Å²) in [4.78, 5) is 22.9. The number of carbonyl (C=O) groups excluding carboxylic acids is 1. The Kier molecular flexibility index (Phi) is 5.42. The molecule has 106 valence electrons. The van der Waals surface area contributed by atoms with Crippen LogP contribution in [0.25, 0.3) is 0 Å². The maximum atomic E-state index is 11.8. The summed E-state index contributed by atoms with van der Waals surface area (Å²) >= 11 is 0. The van der Waals surface area contributed by atoms with E-state index in [2.05, 4.69) is 16.6 Å². The zero-order chi connectivity index (χ0) is 15.1. The third kappa shape index (κ3) is 3.92. The minimum absolute atomic E-state index is 0.0327. The molecule has 1 aromatic rings. The van der Waals surface area contributed by atoms with E-state index in [1.54, 1.807) is 0 Å². The SMILES string of the molecule is C#CC(CC)NC(=O)Nc1cc(OC)ccc1C(=O)O. The van der Waals surface area contributed by atoms with E-state index in [1.165, 1.54) is 25.3 Å². The Labute approximate surface area is 117 Å². The Bertz CT molecular complexity index is 549. The molecule has 0 aliphatic rings. The summed E-state index contributed by atoms with van der Waals surface area (Å²) < 4.78 is 5.00. The Balaban J connectivity index is 2.92.